The number of nitrogens with zero attached hydrogens (tertiary/aromatic N) is 2. The molecule has 0 saturated heterocycles. The van der Waals surface area contributed by atoms with E-state index in [2.05, 4.69) is 31.7 Å². The number of fused-ring (bicyclic) bond motifs is 1. The number of hydrogen-bond donors (Lipinski definition) is 2. The summed E-state index contributed by atoms with van der Waals surface area (Å²) in [6.45, 7) is 1.75. The van der Waals surface area contributed by atoms with Gasteiger partial charge in [-0.3, -0.25) is 10.2 Å². The highest BCUT2D eigenvalue weighted by Crippen LogP contribution is 2.14. The maximum Gasteiger partial charge on any atom is 0.280 e. The number of aryl methyl sites for hydroxylation is 1. The Hall–Kier alpha value is -2.25. The Balaban J connectivity index is 1.87. The second kappa shape index (κ2) is 6.47. The first-order chi connectivity index (χ1) is 11.0. The molecule has 0 atom stereocenters. The maximum absolute atomic E-state index is 12.5. The summed E-state index contributed by atoms with van der Waals surface area (Å²) >= 11 is 8.65. The lowest BCUT2D eigenvalue weighted by atomic mass is 10.2. The standard InChI is InChI=1S/C16H13BrN4OS/c1-10-18-14-5-3-2-4-13(14)15(22)21(10)20-16(23)19-12-8-6-11(17)7-9-12/h2-9H,1H3,(H2,19,20,23). The van der Waals surface area contributed by atoms with Crippen molar-refractivity contribution in [2.45, 2.75) is 6.92 Å². The third kappa shape index (κ3) is 3.40. The van der Waals surface area contributed by atoms with Crippen molar-refractivity contribution in [3.63, 3.8) is 0 Å². The van der Waals surface area contributed by atoms with E-state index in [1.54, 1.807) is 13.0 Å². The van der Waals surface area contributed by atoms with E-state index < -0.39 is 0 Å². The minimum atomic E-state index is -0.187. The van der Waals surface area contributed by atoms with Crippen LogP contribution in [0.25, 0.3) is 10.9 Å². The number of anilines is 1. The Labute approximate surface area is 146 Å². The fourth-order valence-corrected chi connectivity index (χ4v) is 2.64. The van der Waals surface area contributed by atoms with Gasteiger partial charge in [-0.05, 0) is 55.5 Å². The lowest BCUT2D eigenvalue weighted by molar-refractivity contribution is 0.839. The number of thiocarbonyl (C=S) groups is 1. The van der Waals surface area contributed by atoms with Crippen molar-refractivity contribution in [3.05, 3.63) is 69.2 Å². The Morgan fingerprint density at radius 2 is 1.87 bits per heavy atom. The zero-order chi connectivity index (χ0) is 16.4. The molecule has 0 bridgehead atoms. The number of halogens is 1. The van der Waals surface area contributed by atoms with E-state index in [1.807, 2.05) is 42.5 Å². The maximum atomic E-state index is 12.5. The van der Waals surface area contributed by atoms with Crippen LogP contribution in [0.15, 0.2) is 57.8 Å². The van der Waals surface area contributed by atoms with Crippen LogP contribution < -0.4 is 16.3 Å². The molecule has 0 aliphatic carbocycles. The third-order valence-corrected chi connectivity index (χ3v) is 3.98. The lowest BCUT2D eigenvalue weighted by Crippen LogP contribution is -2.37. The zero-order valence-electron chi connectivity index (χ0n) is 12.2. The molecular formula is C16H13BrN4OS. The quantitative estimate of drug-likeness (QED) is 0.658. The van der Waals surface area contributed by atoms with E-state index in [1.165, 1.54) is 4.68 Å². The SMILES string of the molecule is Cc1nc2ccccc2c(=O)n1NC(=S)Nc1ccc(Br)cc1. The molecule has 0 aliphatic heterocycles. The molecule has 3 rings (SSSR count). The molecule has 0 amide bonds. The smallest absolute Gasteiger partial charge is 0.280 e. The number of rotatable bonds is 2. The molecule has 7 heteroatoms. The second-order valence-electron chi connectivity index (χ2n) is 4.89. The third-order valence-electron chi connectivity index (χ3n) is 3.26. The van der Waals surface area contributed by atoms with Gasteiger partial charge >= 0.3 is 0 Å². The highest BCUT2D eigenvalue weighted by Gasteiger charge is 2.08. The number of hydrogen-bond acceptors (Lipinski definition) is 3. The molecule has 0 spiro atoms. The van der Waals surface area contributed by atoms with E-state index >= 15 is 0 Å². The van der Waals surface area contributed by atoms with Crippen molar-refractivity contribution in [3.8, 4) is 0 Å². The summed E-state index contributed by atoms with van der Waals surface area (Å²) < 4.78 is 2.32. The first-order valence-corrected chi connectivity index (χ1v) is 8.07. The number of nitrogens with one attached hydrogen (secondary N) is 2. The van der Waals surface area contributed by atoms with Gasteiger partial charge < -0.3 is 5.32 Å². The predicted molar refractivity (Wildman–Crippen MR) is 100 cm³/mol. The molecule has 0 unspecified atom stereocenters. The summed E-state index contributed by atoms with van der Waals surface area (Å²) in [7, 11) is 0. The van der Waals surface area contributed by atoms with Crippen LogP contribution >= 0.6 is 28.1 Å². The molecule has 2 N–H and O–H groups in total. The molecule has 0 aliphatic rings. The van der Waals surface area contributed by atoms with Crippen LogP contribution in [0.4, 0.5) is 5.69 Å². The van der Waals surface area contributed by atoms with Crippen molar-refractivity contribution in [1.29, 1.82) is 0 Å². The molecular weight excluding hydrogens is 376 g/mol. The molecule has 2 aromatic carbocycles. The zero-order valence-corrected chi connectivity index (χ0v) is 14.6. The van der Waals surface area contributed by atoms with Crippen molar-refractivity contribution in [2.75, 3.05) is 10.7 Å². The molecule has 116 valence electrons. The Morgan fingerprint density at radius 1 is 1.17 bits per heavy atom. The van der Waals surface area contributed by atoms with Crippen molar-refractivity contribution in [2.24, 2.45) is 0 Å². The van der Waals surface area contributed by atoms with Gasteiger partial charge in [0.1, 0.15) is 5.82 Å². The molecule has 3 aromatic rings. The predicted octanol–water partition coefficient (Wildman–Crippen LogP) is 3.41. The van der Waals surface area contributed by atoms with Gasteiger partial charge in [0.25, 0.3) is 5.56 Å². The van der Waals surface area contributed by atoms with Gasteiger partial charge in [0.15, 0.2) is 5.11 Å². The average Bonchev–Trinajstić information content (AvgIpc) is 2.54. The lowest BCUT2D eigenvalue weighted by Gasteiger charge is -2.15. The van der Waals surface area contributed by atoms with E-state index in [0.717, 1.165) is 10.2 Å². The van der Waals surface area contributed by atoms with E-state index in [-0.39, 0.29) is 5.56 Å². The van der Waals surface area contributed by atoms with E-state index in [4.69, 9.17) is 12.2 Å². The van der Waals surface area contributed by atoms with E-state index in [0.29, 0.717) is 21.8 Å². The summed E-state index contributed by atoms with van der Waals surface area (Å²) in [5, 5.41) is 3.89. The molecule has 0 saturated carbocycles. The minimum absolute atomic E-state index is 0.187. The number of benzene rings is 2. The Kier molecular flexibility index (Phi) is 4.40. The van der Waals surface area contributed by atoms with Crippen LogP contribution in [0.5, 0.6) is 0 Å². The van der Waals surface area contributed by atoms with Crippen LogP contribution in [0.1, 0.15) is 5.82 Å². The van der Waals surface area contributed by atoms with Crippen LogP contribution in [-0.2, 0) is 0 Å². The largest absolute Gasteiger partial charge is 0.331 e. The van der Waals surface area contributed by atoms with Crippen LogP contribution in [-0.4, -0.2) is 14.8 Å². The van der Waals surface area contributed by atoms with Gasteiger partial charge in [-0.2, -0.15) is 0 Å². The molecule has 0 radical (unpaired) electrons. The average molecular weight is 389 g/mol. The van der Waals surface area contributed by atoms with Gasteiger partial charge in [-0.15, -0.1) is 0 Å². The van der Waals surface area contributed by atoms with Crippen molar-refractivity contribution < 1.29 is 0 Å². The van der Waals surface area contributed by atoms with Gasteiger partial charge in [0.05, 0.1) is 10.9 Å². The molecule has 1 heterocycles. The first kappa shape index (κ1) is 15.6. The van der Waals surface area contributed by atoms with Gasteiger partial charge in [-0.1, -0.05) is 28.1 Å². The summed E-state index contributed by atoms with van der Waals surface area (Å²) in [4.78, 5) is 17.0. The molecule has 1 aromatic heterocycles. The first-order valence-electron chi connectivity index (χ1n) is 6.86. The highest BCUT2D eigenvalue weighted by atomic mass is 79.9. The van der Waals surface area contributed by atoms with Gasteiger partial charge in [0, 0.05) is 10.2 Å². The summed E-state index contributed by atoms with van der Waals surface area (Å²) in [6.07, 6.45) is 0. The normalized spacial score (nSPS) is 10.5. The summed E-state index contributed by atoms with van der Waals surface area (Å²) in [5.74, 6) is 0.536. The fourth-order valence-electron chi connectivity index (χ4n) is 2.17. The van der Waals surface area contributed by atoms with Crippen molar-refractivity contribution in [1.82, 2.24) is 9.66 Å². The molecule has 5 nitrogen and oxygen atoms in total. The second-order valence-corrected chi connectivity index (χ2v) is 6.21. The molecule has 23 heavy (non-hydrogen) atoms. The van der Waals surface area contributed by atoms with Gasteiger partial charge in [-0.25, -0.2) is 9.66 Å². The number of para-hydroxylation sites is 1. The Bertz CT molecular complexity index is 937. The van der Waals surface area contributed by atoms with Crippen LogP contribution in [0, 0.1) is 6.92 Å². The fraction of sp³-hybridized carbons (Fsp3) is 0.0625. The van der Waals surface area contributed by atoms with Crippen LogP contribution in [0.2, 0.25) is 0 Å². The molecule has 0 fully saturated rings. The van der Waals surface area contributed by atoms with Crippen LogP contribution in [0.3, 0.4) is 0 Å². The summed E-state index contributed by atoms with van der Waals surface area (Å²) in [5.41, 5.74) is 4.19. The van der Waals surface area contributed by atoms with E-state index in [9.17, 15) is 4.79 Å². The topological polar surface area (TPSA) is 59.0 Å². The number of aromatic nitrogens is 2. The van der Waals surface area contributed by atoms with Crippen molar-refractivity contribution >= 4 is 49.9 Å². The summed E-state index contributed by atoms with van der Waals surface area (Å²) in [6, 6.07) is 14.8. The van der Waals surface area contributed by atoms with Gasteiger partial charge in [0.2, 0.25) is 0 Å². The minimum Gasteiger partial charge on any atom is -0.331 e. The Morgan fingerprint density at radius 3 is 2.61 bits per heavy atom. The highest BCUT2D eigenvalue weighted by molar-refractivity contribution is 9.10. The monoisotopic (exact) mass is 388 g/mol.